The zero-order chi connectivity index (χ0) is 20.3. The number of benzene rings is 1. The predicted octanol–water partition coefficient (Wildman–Crippen LogP) is 2.59. The van der Waals surface area contributed by atoms with E-state index in [9.17, 15) is 18.0 Å². The first-order valence-electron chi connectivity index (χ1n) is 8.77. The van der Waals surface area contributed by atoms with Crippen molar-refractivity contribution in [3.05, 3.63) is 52.2 Å². The van der Waals surface area contributed by atoms with Crippen LogP contribution in [0.4, 0.5) is 0 Å². The number of rotatable bonds is 6. The molecule has 9 heteroatoms. The molecule has 3 rings (SSSR count). The Kier molecular flexibility index (Phi) is 6.29. The van der Waals surface area contributed by atoms with Gasteiger partial charge in [-0.25, -0.2) is 13.2 Å². The van der Waals surface area contributed by atoms with Crippen molar-refractivity contribution >= 4 is 33.1 Å². The lowest BCUT2D eigenvalue weighted by atomic mass is 10.2. The average Bonchev–Trinajstić information content (AvgIpc) is 3.20. The summed E-state index contributed by atoms with van der Waals surface area (Å²) in [6.45, 7) is 3.73. The molecule has 0 amide bonds. The van der Waals surface area contributed by atoms with Crippen LogP contribution in [0.25, 0.3) is 0 Å². The Morgan fingerprint density at radius 2 is 1.89 bits per heavy atom. The Balaban J connectivity index is 1.72. The van der Waals surface area contributed by atoms with Crippen LogP contribution in [0.5, 0.6) is 0 Å². The highest BCUT2D eigenvalue weighted by Crippen LogP contribution is 2.22. The summed E-state index contributed by atoms with van der Waals surface area (Å²) >= 11 is 1.26. The Bertz CT molecular complexity index is 945. The van der Waals surface area contributed by atoms with E-state index in [1.165, 1.54) is 39.9 Å². The minimum Gasteiger partial charge on any atom is -0.454 e. The molecule has 1 aliphatic heterocycles. The highest BCUT2D eigenvalue weighted by Gasteiger charge is 2.32. The van der Waals surface area contributed by atoms with E-state index in [1.54, 1.807) is 17.5 Å². The van der Waals surface area contributed by atoms with E-state index >= 15 is 0 Å². The van der Waals surface area contributed by atoms with Gasteiger partial charge < -0.3 is 9.47 Å². The number of carbonyl (C=O) groups is 2. The van der Waals surface area contributed by atoms with Gasteiger partial charge >= 0.3 is 5.97 Å². The van der Waals surface area contributed by atoms with Crippen LogP contribution in [0.2, 0.25) is 0 Å². The summed E-state index contributed by atoms with van der Waals surface area (Å²) in [7, 11) is -3.77. The van der Waals surface area contributed by atoms with Crippen molar-refractivity contribution in [1.82, 2.24) is 4.31 Å². The topological polar surface area (TPSA) is 90.0 Å². The maximum Gasteiger partial charge on any atom is 0.338 e. The molecule has 0 radical (unpaired) electrons. The number of Topliss-reactive ketones (excluding diaryl/α,β-unsaturated/α-hetero) is 1. The largest absolute Gasteiger partial charge is 0.454 e. The number of esters is 1. The molecule has 1 aromatic carbocycles. The van der Waals surface area contributed by atoms with E-state index in [0.29, 0.717) is 4.88 Å². The highest BCUT2D eigenvalue weighted by atomic mass is 32.2. The summed E-state index contributed by atoms with van der Waals surface area (Å²) in [5, 5.41) is 1.76. The fourth-order valence-electron chi connectivity index (χ4n) is 2.98. The van der Waals surface area contributed by atoms with E-state index in [4.69, 9.17) is 9.47 Å². The Hall–Kier alpha value is -2.07. The minimum absolute atomic E-state index is 0.00725. The first kappa shape index (κ1) is 20.7. The number of sulfonamides is 1. The molecule has 1 aromatic heterocycles. The second-order valence-electron chi connectivity index (χ2n) is 6.58. The van der Waals surface area contributed by atoms with Gasteiger partial charge in [0, 0.05) is 13.1 Å². The van der Waals surface area contributed by atoms with Crippen molar-refractivity contribution in [1.29, 1.82) is 0 Å². The van der Waals surface area contributed by atoms with Crippen LogP contribution >= 0.6 is 11.3 Å². The number of nitrogens with zero attached hydrogens (tertiary/aromatic N) is 1. The Morgan fingerprint density at radius 3 is 2.54 bits per heavy atom. The van der Waals surface area contributed by atoms with Gasteiger partial charge in [-0.05, 0) is 43.5 Å². The fraction of sp³-hybridized carbons (Fsp3) is 0.368. The van der Waals surface area contributed by atoms with Gasteiger partial charge in [-0.2, -0.15) is 4.31 Å². The maximum absolute atomic E-state index is 12.9. The average molecular weight is 424 g/mol. The summed E-state index contributed by atoms with van der Waals surface area (Å²) in [4.78, 5) is 24.7. The van der Waals surface area contributed by atoms with Gasteiger partial charge in [-0.1, -0.05) is 12.1 Å². The lowest BCUT2D eigenvalue weighted by Crippen LogP contribution is -2.48. The Morgan fingerprint density at radius 1 is 1.18 bits per heavy atom. The number of thiophene rings is 1. The maximum atomic E-state index is 12.9. The molecular formula is C19H21NO6S2. The van der Waals surface area contributed by atoms with Crippen molar-refractivity contribution in [2.45, 2.75) is 31.0 Å². The van der Waals surface area contributed by atoms with E-state index in [0.717, 1.165) is 0 Å². The normalized spacial score (nSPS) is 20.6. The third kappa shape index (κ3) is 4.67. The van der Waals surface area contributed by atoms with Crippen LogP contribution in [-0.4, -0.2) is 56.4 Å². The van der Waals surface area contributed by atoms with Crippen molar-refractivity contribution in [2.75, 3.05) is 19.7 Å². The van der Waals surface area contributed by atoms with E-state index in [1.807, 2.05) is 13.8 Å². The van der Waals surface area contributed by atoms with E-state index < -0.39 is 22.6 Å². The molecule has 2 aromatic rings. The van der Waals surface area contributed by atoms with Gasteiger partial charge in [0.05, 0.1) is 27.5 Å². The second kappa shape index (κ2) is 8.52. The van der Waals surface area contributed by atoms with Crippen LogP contribution in [-0.2, 0) is 19.5 Å². The van der Waals surface area contributed by atoms with Gasteiger partial charge in [0.2, 0.25) is 15.8 Å². The summed E-state index contributed by atoms with van der Waals surface area (Å²) in [6.07, 6.45) is -0.426. The van der Waals surface area contributed by atoms with Gasteiger partial charge in [0.15, 0.2) is 6.61 Å². The lowest BCUT2D eigenvalue weighted by molar-refractivity contribution is -0.0440. The van der Waals surface area contributed by atoms with Gasteiger partial charge in [0.25, 0.3) is 0 Å². The number of ether oxygens (including phenoxy) is 2. The number of carbonyl (C=O) groups excluding carboxylic acids is 2. The molecule has 1 saturated heterocycles. The number of hydrogen-bond donors (Lipinski definition) is 0. The fourth-order valence-corrected chi connectivity index (χ4v) is 5.27. The number of hydrogen-bond acceptors (Lipinski definition) is 7. The Labute approximate surface area is 167 Å². The lowest BCUT2D eigenvalue weighted by Gasteiger charge is -2.34. The predicted molar refractivity (Wildman–Crippen MR) is 104 cm³/mol. The van der Waals surface area contributed by atoms with Crippen LogP contribution < -0.4 is 0 Å². The number of morpholine rings is 1. The standard InChI is InChI=1S/C19H21NO6S2/c1-13-10-20(11-14(2)26-13)28(23,24)16-6-3-5-15(9-16)19(22)25-12-17(21)18-7-4-8-27-18/h3-9,13-14H,10-12H2,1-2H3/t13-,14+. The summed E-state index contributed by atoms with van der Waals surface area (Å²) in [6, 6.07) is 9.05. The molecule has 2 heterocycles. The molecule has 0 N–H and O–H groups in total. The van der Waals surface area contributed by atoms with Gasteiger partial charge in [-0.15, -0.1) is 11.3 Å². The van der Waals surface area contributed by atoms with Crippen molar-refractivity contribution in [3.63, 3.8) is 0 Å². The third-order valence-corrected chi connectivity index (χ3v) is 6.96. The number of ketones is 1. The van der Waals surface area contributed by atoms with Crippen molar-refractivity contribution in [2.24, 2.45) is 0 Å². The highest BCUT2D eigenvalue weighted by molar-refractivity contribution is 7.89. The first-order valence-corrected chi connectivity index (χ1v) is 11.1. The first-order chi connectivity index (χ1) is 13.3. The van der Waals surface area contributed by atoms with E-state index in [-0.39, 0.29) is 41.5 Å². The molecule has 0 aliphatic carbocycles. The van der Waals surface area contributed by atoms with Gasteiger partial charge in [0.1, 0.15) is 0 Å². The summed E-state index contributed by atoms with van der Waals surface area (Å²) in [5.74, 6) is -1.05. The minimum atomic E-state index is -3.77. The quantitative estimate of drug-likeness (QED) is 0.524. The van der Waals surface area contributed by atoms with Gasteiger partial charge in [-0.3, -0.25) is 4.79 Å². The summed E-state index contributed by atoms with van der Waals surface area (Å²) in [5.41, 5.74) is 0.0782. The molecule has 1 fully saturated rings. The van der Waals surface area contributed by atoms with Crippen molar-refractivity contribution < 1.29 is 27.5 Å². The SMILES string of the molecule is C[C@@H]1CN(S(=O)(=O)c2cccc(C(=O)OCC(=O)c3cccs3)c2)C[C@H](C)O1. The van der Waals surface area contributed by atoms with E-state index in [2.05, 4.69) is 0 Å². The summed E-state index contributed by atoms with van der Waals surface area (Å²) < 4.78 is 37.9. The molecule has 150 valence electrons. The zero-order valence-electron chi connectivity index (χ0n) is 15.5. The molecule has 7 nitrogen and oxygen atoms in total. The molecular weight excluding hydrogens is 402 g/mol. The zero-order valence-corrected chi connectivity index (χ0v) is 17.2. The smallest absolute Gasteiger partial charge is 0.338 e. The third-order valence-electron chi connectivity index (χ3n) is 4.22. The molecule has 0 spiro atoms. The van der Waals surface area contributed by atoms with Crippen LogP contribution in [0.1, 0.15) is 33.9 Å². The second-order valence-corrected chi connectivity index (χ2v) is 9.47. The molecule has 0 bridgehead atoms. The molecule has 28 heavy (non-hydrogen) atoms. The molecule has 0 unspecified atom stereocenters. The molecule has 0 saturated carbocycles. The van der Waals surface area contributed by atoms with Crippen LogP contribution in [0.3, 0.4) is 0 Å². The molecule has 2 atom stereocenters. The van der Waals surface area contributed by atoms with Crippen molar-refractivity contribution in [3.8, 4) is 0 Å². The monoisotopic (exact) mass is 423 g/mol. The van der Waals surface area contributed by atoms with Crippen LogP contribution in [0.15, 0.2) is 46.7 Å². The van der Waals surface area contributed by atoms with Crippen LogP contribution in [0, 0.1) is 0 Å². The molecule has 1 aliphatic rings.